The van der Waals surface area contributed by atoms with E-state index in [1.165, 1.54) is 6.92 Å². The molecule has 0 fully saturated rings. The second kappa shape index (κ2) is 5.89. The molecule has 0 saturated carbocycles. The van der Waals surface area contributed by atoms with Gasteiger partial charge in [0.25, 0.3) is 5.91 Å². The second-order valence-corrected chi connectivity index (χ2v) is 3.69. The van der Waals surface area contributed by atoms with Gasteiger partial charge in [-0.15, -0.1) is 0 Å². The van der Waals surface area contributed by atoms with Crippen molar-refractivity contribution in [3.05, 3.63) is 29.3 Å². The molecule has 92 valence electrons. The van der Waals surface area contributed by atoms with Gasteiger partial charge in [-0.3, -0.25) is 9.59 Å². The summed E-state index contributed by atoms with van der Waals surface area (Å²) in [6.45, 7) is 3.63. The van der Waals surface area contributed by atoms with Gasteiger partial charge >= 0.3 is 5.97 Å². The topological polar surface area (TPSA) is 81.4 Å². The van der Waals surface area contributed by atoms with Crippen LogP contribution in [0.2, 0.25) is 0 Å². The highest BCUT2D eigenvalue weighted by Crippen LogP contribution is 2.13. The molecule has 0 aliphatic heterocycles. The van der Waals surface area contributed by atoms with Crippen LogP contribution in [0.15, 0.2) is 18.2 Å². The summed E-state index contributed by atoms with van der Waals surface area (Å²) in [6.07, 6.45) is 0. The number of aryl methyl sites for hydroxylation is 1. The molecule has 1 rings (SSSR count). The fourth-order valence-corrected chi connectivity index (χ4v) is 1.32. The van der Waals surface area contributed by atoms with Crippen LogP contribution in [-0.4, -0.2) is 25.0 Å². The molecule has 0 aliphatic rings. The average molecular weight is 236 g/mol. The van der Waals surface area contributed by atoms with Gasteiger partial charge in [0.1, 0.15) is 6.61 Å². The van der Waals surface area contributed by atoms with E-state index < -0.39 is 0 Å². The summed E-state index contributed by atoms with van der Waals surface area (Å²) in [5, 5.41) is 2.63. The van der Waals surface area contributed by atoms with Gasteiger partial charge in [0, 0.05) is 12.6 Å². The van der Waals surface area contributed by atoms with Gasteiger partial charge in [-0.1, -0.05) is 11.6 Å². The number of hydrogen-bond donors (Lipinski definition) is 2. The van der Waals surface area contributed by atoms with Crippen LogP contribution >= 0.6 is 0 Å². The summed E-state index contributed by atoms with van der Waals surface area (Å²) in [4.78, 5) is 22.2. The van der Waals surface area contributed by atoms with Crippen LogP contribution in [-0.2, 0) is 9.53 Å². The van der Waals surface area contributed by atoms with Crippen LogP contribution in [0.4, 0.5) is 5.69 Å². The monoisotopic (exact) mass is 236 g/mol. The molecule has 1 aromatic carbocycles. The number of nitrogens with two attached hydrogens (primary N) is 1. The first-order chi connectivity index (χ1) is 8.00. The first kappa shape index (κ1) is 13.0. The van der Waals surface area contributed by atoms with E-state index in [2.05, 4.69) is 5.32 Å². The summed E-state index contributed by atoms with van der Waals surface area (Å²) in [7, 11) is 0. The molecule has 0 heterocycles. The van der Waals surface area contributed by atoms with Gasteiger partial charge in [-0.05, 0) is 19.1 Å². The van der Waals surface area contributed by atoms with Gasteiger partial charge in [-0.2, -0.15) is 0 Å². The van der Waals surface area contributed by atoms with Crippen LogP contribution in [0.5, 0.6) is 0 Å². The molecule has 0 radical (unpaired) electrons. The lowest BCUT2D eigenvalue weighted by Gasteiger charge is -2.08. The van der Waals surface area contributed by atoms with Crippen molar-refractivity contribution >= 4 is 17.6 Å². The Morgan fingerprint density at radius 2 is 2.12 bits per heavy atom. The van der Waals surface area contributed by atoms with Gasteiger partial charge in [0.05, 0.1) is 12.1 Å². The zero-order valence-corrected chi connectivity index (χ0v) is 9.95. The molecule has 5 heteroatoms. The Balaban J connectivity index is 2.52. The number of carbonyl (C=O) groups is 2. The number of nitrogen functional groups attached to an aromatic ring is 1. The fraction of sp³-hybridized carbons (Fsp3) is 0.333. The molecule has 5 nitrogen and oxygen atoms in total. The second-order valence-electron chi connectivity index (χ2n) is 3.69. The maximum absolute atomic E-state index is 11.7. The molecule has 3 N–H and O–H groups in total. The third kappa shape index (κ3) is 4.14. The Morgan fingerprint density at radius 1 is 1.41 bits per heavy atom. The first-order valence-electron chi connectivity index (χ1n) is 5.28. The fourth-order valence-electron chi connectivity index (χ4n) is 1.32. The number of hydrogen-bond acceptors (Lipinski definition) is 4. The van der Waals surface area contributed by atoms with Crippen LogP contribution in [0.3, 0.4) is 0 Å². The van der Waals surface area contributed by atoms with Crippen molar-refractivity contribution in [2.75, 3.05) is 18.9 Å². The zero-order chi connectivity index (χ0) is 12.8. The minimum atomic E-state index is -0.366. The maximum atomic E-state index is 11.7. The molecule has 0 unspecified atom stereocenters. The highest BCUT2D eigenvalue weighted by Gasteiger charge is 2.09. The van der Waals surface area contributed by atoms with Crippen molar-refractivity contribution in [2.24, 2.45) is 0 Å². The molecule has 17 heavy (non-hydrogen) atoms. The van der Waals surface area contributed by atoms with Crippen LogP contribution < -0.4 is 11.1 Å². The van der Waals surface area contributed by atoms with Crippen LogP contribution in [0.1, 0.15) is 22.8 Å². The number of carbonyl (C=O) groups excluding carboxylic acids is 2. The van der Waals surface area contributed by atoms with E-state index in [-0.39, 0.29) is 25.0 Å². The summed E-state index contributed by atoms with van der Waals surface area (Å²) >= 11 is 0. The number of anilines is 1. The van der Waals surface area contributed by atoms with Gasteiger partial charge in [-0.25, -0.2) is 0 Å². The molecular formula is C12H16N2O3. The summed E-state index contributed by atoms with van der Waals surface area (Å²) < 4.78 is 4.70. The molecule has 0 atom stereocenters. The lowest BCUT2D eigenvalue weighted by atomic mass is 10.1. The summed E-state index contributed by atoms with van der Waals surface area (Å²) in [5.74, 6) is -0.632. The van der Waals surface area contributed by atoms with Crippen molar-refractivity contribution in [3.8, 4) is 0 Å². The molecule has 1 aromatic rings. The number of nitrogens with one attached hydrogen (secondary N) is 1. The van der Waals surface area contributed by atoms with Crippen molar-refractivity contribution in [1.82, 2.24) is 5.32 Å². The first-order valence-corrected chi connectivity index (χ1v) is 5.28. The Morgan fingerprint density at radius 3 is 2.76 bits per heavy atom. The number of rotatable bonds is 4. The SMILES string of the molecule is CC(=O)OCCNC(=O)c1cc(C)ccc1N. The predicted molar refractivity (Wildman–Crippen MR) is 64.6 cm³/mol. The highest BCUT2D eigenvalue weighted by atomic mass is 16.5. The standard InChI is InChI=1S/C12H16N2O3/c1-8-3-4-11(13)10(7-8)12(16)14-5-6-17-9(2)15/h3-4,7H,5-6,13H2,1-2H3,(H,14,16). The minimum Gasteiger partial charge on any atom is -0.464 e. The normalized spacial score (nSPS) is 9.76. The van der Waals surface area contributed by atoms with E-state index >= 15 is 0 Å². The van der Waals surface area contributed by atoms with E-state index in [9.17, 15) is 9.59 Å². The average Bonchev–Trinajstić information content (AvgIpc) is 2.27. The van der Waals surface area contributed by atoms with Crippen molar-refractivity contribution in [2.45, 2.75) is 13.8 Å². The minimum absolute atomic E-state index is 0.160. The van der Waals surface area contributed by atoms with Gasteiger partial charge in [0.15, 0.2) is 0 Å². The van der Waals surface area contributed by atoms with E-state index in [0.29, 0.717) is 11.3 Å². The van der Waals surface area contributed by atoms with E-state index in [1.807, 2.05) is 13.0 Å². The Kier molecular flexibility index (Phi) is 4.51. The van der Waals surface area contributed by atoms with E-state index in [1.54, 1.807) is 12.1 Å². The molecule has 1 amide bonds. The molecular weight excluding hydrogens is 220 g/mol. The third-order valence-corrected chi connectivity index (χ3v) is 2.15. The maximum Gasteiger partial charge on any atom is 0.302 e. The quantitative estimate of drug-likeness (QED) is 0.461. The Bertz CT molecular complexity index is 430. The van der Waals surface area contributed by atoms with E-state index in [4.69, 9.17) is 10.5 Å². The molecule has 0 bridgehead atoms. The largest absolute Gasteiger partial charge is 0.464 e. The van der Waals surface area contributed by atoms with Crippen LogP contribution in [0.25, 0.3) is 0 Å². The van der Waals surface area contributed by atoms with Crippen LogP contribution in [0, 0.1) is 6.92 Å². The molecule has 0 spiro atoms. The lowest BCUT2D eigenvalue weighted by Crippen LogP contribution is -2.28. The van der Waals surface area contributed by atoms with Gasteiger partial charge < -0.3 is 15.8 Å². The van der Waals surface area contributed by atoms with Crippen molar-refractivity contribution in [1.29, 1.82) is 0 Å². The van der Waals surface area contributed by atoms with Gasteiger partial charge in [0.2, 0.25) is 0 Å². The number of benzene rings is 1. The predicted octanol–water partition coefficient (Wildman–Crippen LogP) is 0.870. The summed E-state index contributed by atoms with van der Waals surface area (Å²) in [5.41, 5.74) is 7.53. The zero-order valence-electron chi connectivity index (χ0n) is 9.95. The van der Waals surface area contributed by atoms with Crippen molar-refractivity contribution < 1.29 is 14.3 Å². The Hall–Kier alpha value is -2.04. The molecule has 0 aromatic heterocycles. The smallest absolute Gasteiger partial charge is 0.302 e. The molecule has 0 saturated heterocycles. The van der Waals surface area contributed by atoms with Crippen molar-refractivity contribution in [3.63, 3.8) is 0 Å². The number of ether oxygens (including phenoxy) is 1. The lowest BCUT2D eigenvalue weighted by molar-refractivity contribution is -0.140. The Labute approximate surface area is 99.9 Å². The summed E-state index contributed by atoms with van der Waals surface area (Å²) in [6, 6.07) is 5.25. The molecule has 0 aliphatic carbocycles. The highest BCUT2D eigenvalue weighted by molar-refractivity contribution is 5.99. The number of esters is 1. The number of amides is 1. The van der Waals surface area contributed by atoms with E-state index in [0.717, 1.165) is 5.56 Å². The third-order valence-electron chi connectivity index (χ3n) is 2.15.